The van der Waals surface area contributed by atoms with E-state index in [1.807, 2.05) is 0 Å². The van der Waals surface area contributed by atoms with Crippen molar-refractivity contribution in [1.82, 2.24) is 14.9 Å². The number of aromatic nitrogens is 2. The minimum atomic E-state index is -0.989. The molecule has 2 aromatic rings. The number of benzene rings is 1. The number of nitrogens with zero attached hydrogens (tertiary/aromatic N) is 2. The molecule has 0 saturated heterocycles. The lowest BCUT2D eigenvalue weighted by Gasteiger charge is -2.15. The monoisotopic (exact) mass is 311 g/mol. The first-order valence-corrected chi connectivity index (χ1v) is 7.16. The Morgan fingerprint density at radius 3 is 2.86 bits per heavy atom. The van der Waals surface area contributed by atoms with Crippen LogP contribution >= 0.6 is 11.8 Å². The molecule has 112 valence electrons. The Morgan fingerprint density at radius 2 is 2.24 bits per heavy atom. The van der Waals surface area contributed by atoms with E-state index in [1.165, 1.54) is 25.2 Å². The molecular formula is C13H14FN3O3S. The van der Waals surface area contributed by atoms with Crippen molar-refractivity contribution in [3.8, 4) is 0 Å². The molecule has 2 rings (SSSR count). The van der Waals surface area contributed by atoms with Crippen molar-refractivity contribution in [2.45, 2.75) is 18.1 Å². The number of halogens is 1. The van der Waals surface area contributed by atoms with Crippen molar-refractivity contribution >= 4 is 34.7 Å². The van der Waals surface area contributed by atoms with Crippen molar-refractivity contribution < 1.29 is 19.1 Å². The zero-order chi connectivity index (χ0) is 15.6. The van der Waals surface area contributed by atoms with Gasteiger partial charge in [0.25, 0.3) is 0 Å². The Bertz CT molecular complexity index is 701. The smallest absolute Gasteiger partial charge is 0.313 e. The Hall–Kier alpha value is -2.09. The minimum absolute atomic E-state index is 0.188. The number of imidazole rings is 1. The second kappa shape index (κ2) is 6.13. The molecule has 21 heavy (non-hydrogen) atoms. The average Bonchev–Trinajstić information content (AvgIpc) is 2.80. The molecular weight excluding hydrogens is 297 g/mol. The van der Waals surface area contributed by atoms with Crippen molar-refractivity contribution in [2.24, 2.45) is 0 Å². The summed E-state index contributed by atoms with van der Waals surface area (Å²) in [5.41, 5.74) is 0.971. The van der Waals surface area contributed by atoms with E-state index in [0.717, 1.165) is 11.8 Å². The SMILES string of the molecule is CNC(=O)C(C)n1c(SCC(=O)O)nc2ccc(F)cc21. The van der Waals surface area contributed by atoms with Gasteiger partial charge in [-0.2, -0.15) is 0 Å². The predicted molar refractivity (Wildman–Crippen MR) is 76.8 cm³/mol. The molecule has 0 aliphatic rings. The maximum absolute atomic E-state index is 13.4. The Balaban J connectivity index is 2.55. The van der Waals surface area contributed by atoms with E-state index in [-0.39, 0.29) is 11.7 Å². The average molecular weight is 311 g/mol. The molecule has 1 heterocycles. The summed E-state index contributed by atoms with van der Waals surface area (Å²) >= 11 is 0.993. The number of likely N-dealkylation sites (N-methyl/N-ethyl adjacent to an activating group) is 1. The molecule has 0 fully saturated rings. The molecule has 0 bridgehead atoms. The van der Waals surface area contributed by atoms with Gasteiger partial charge in [-0.3, -0.25) is 9.59 Å². The number of carbonyl (C=O) groups is 2. The van der Waals surface area contributed by atoms with Crippen molar-refractivity contribution in [2.75, 3.05) is 12.8 Å². The van der Waals surface area contributed by atoms with Gasteiger partial charge in [0.15, 0.2) is 5.16 Å². The first-order valence-electron chi connectivity index (χ1n) is 6.17. The molecule has 1 aromatic heterocycles. The second-order valence-electron chi connectivity index (χ2n) is 4.37. The first kappa shape index (κ1) is 15.3. The lowest BCUT2D eigenvalue weighted by molar-refractivity contribution is -0.133. The molecule has 1 unspecified atom stereocenters. The second-order valence-corrected chi connectivity index (χ2v) is 5.31. The van der Waals surface area contributed by atoms with Gasteiger partial charge in [0.1, 0.15) is 11.9 Å². The van der Waals surface area contributed by atoms with Crippen LogP contribution in [0.3, 0.4) is 0 Å². The number of fused-ring (bicyclic) bond motifs is 1. The van der Waals surface area contributed by atoms with Gasteiger partial charge >= 0.3 is 5.97 Å². The minimum Gasteiger partial charge on any atom is -0.481 e. The number of amides is 1. The van der Waals surface area contributed by atoms with E-state index >= 15 is 0 Å². The third-order valence-electron chi connectivity index (χ3n) is 2.96. The number of nitrogens with one attached hydrogen (secondary N) is 1. The van der Waals surface area contributed by atoms with Crippen LogP contribution in [-0.2, 0) is 9.59 Å². The lowest BCUT2D eigenvalue weighted by atomic mass is 10.2. The zero-order valence-corrected chi connectivity index (χ0v) is 12.3. The van der Waals surface area contributed by atoms with E-state index in [2.05, 4.69) is 10.3 Å². The number of hydrogen-bond donors (Lipinski definition) is 2. The molecule has 6 nitrogen and oxygen atoms in total. The van der Waals surface area contributed by atoms with Crippen LogP contribution in [-0.4, -0.2) is 39.3 Å². The predicted octanol–water partition coefficient (Wildman–Crippen LogP) is 1.66. The fraction of sp³-hybridized carbons (Fsp3) is 0.308. The molecule has 0 aliphatic carbocycles. The topological polar surface area (TPSA) is 84.2 Å². The van der Waals surface area contributed by atoms with Gasteiger partial charge in [-0.1, -0.05) is 11.8 Å². The molecule has 0 aliphatic heterocycles. The molecule has 0 radical (unpaired) electrons. The summed E-state index contributed by atoms with van der Waals surface area (Å²) in [7, 11) is 1.50. The highest BCUT2D eigenvalue weighted by Crippen LogP contribution is 2.28. The largest absolute Gasteiger partial charge is 0.481 e. The number of carboxylic acids is 1. The summed E-state index contributed by atoms with van der Waals surface area (Å²) in [6, 6.07) is 3.43. The Labute approximate surface area is 124 Å². The van der Waals surface area contributed by atoms with Gasteiger partial charge in [-0.05, 0) is 25.1 Å². The molecule has 8 heteroatoms. The third-order valence-corrected chi connectivity index (χ3v) is 3.89. The normalized spacial score (nSPS) is 12.3. The number of rotatable bonds is 5. The standard InChI is InChI=1S/C13H14FN3O3S/c1-7(12(20)15-2)17-10-5-8(14)3-4-9(10)16-13(17)21-6-11(18)19/h3-5,7H,6H2,1-2H3,(H,15,20)(H,18,19). The van der Waals surface area contributed by atoms with E-state index in [9.17, 15) is 14.0 Å². The van der Waals surface area contributed by atoms with Crippen LogP contribution in [0.15, 0.2) is 23.4 Å². The first-order chi connectivity index (χ1) is 9.93. The number of thioether (sulfide) groups is 1. The van der Waals surface area contributed by atoms with Gasteiger partial charge in [-0.25, -0.2) is 9.37 Å². The fourth-order valence-corrected chi connectivity index (χ4v) is 2.78. The molecule has 1 amide bonds. The summed E-state index contributed by atoms with van der Waals surface area (Å²) in [4.78, 5) is 26.8. The maximum atomic E-state index is 13.4. The number of aliphatic carboxylic acids is 1. The lowest BCUT2D eigenvalue weighted by Crippen LogP contribution is -2.28. The Kier molecular flexibility index (Phi) is 4.46. The third kappa shape index (κ3) is 3.15. The summed E-state index contributed by atoms with van der Waals surface area (Å²) in [5, 5.41) is 11.7. The van der Waals surface area contributed by atoms with Crippen molar-refractivity contribution in [1.29, 1.82) is 0 Å². The number of carboxylic acid groups (broad SMARTS) is 1. The number of carbonyl (C=O) groups excluding carboxylic acids is 1. The van der Waals surface area contributed by atoms with E-state index in [1.54, 1.807) is 11.5 Å². The molecule has 1 atom stereocenters. The van der Waals surface area contributed by atoms with Crippen LogP contribution in [0.25, 0.3) is 11.0 Å². The van der Waals surface area contributed by atoms with Crippen LogP contribution in [0.1, 0.15) is 13.0 Å². The quantitative estimate of drug-likeness (QED) is 0.820. The highest BCUT2D eigenvalue weighted by atomic mass is 32.2. The van der Waals surface area contributed by atoms with Crippen LogP contribution in [0, 0.1) is 5.82 Å². The highest BCUT2D eigenvalue weighted by Gasteiger charge is 2.22. The van der Waals surface area contributed by atoms with Crippen LogP contribution in [0.5, 0.6) is 0 Å². The van der Waals surface area contributed by atoms with Crippen molar-refractivity contribution in [3.63, 3.8) is 0 Å². The Morgan fingerprint density at radius 1 is 1.52 bits per heavy atom. The summed E-state index contributed by atoms with van der Waals surface area (Å²) < 4.78 is 15.0. The van der Waals surface area contributed by atoms with Gasteiger partial charge in [0.05, 0.1) is 16.8 Å². The highest BCUT2D eigenvalue weighted by molar-refractivity contribution is 7.99. The number of hydrogen-bond acceptors (Lipinski definition) is 4. The maximum Gasteiger partial charge on any atom is 0.313 e. The van der Waals surface area contributed by atoms with Gasteiger partial charge in [0.2, 0.25) is 5.91 Å². The van der Waals surface area contributed by atoms with E-state index in [4.69, 9.17) is 5.11 Å². The molecule has 2 N–H and O–H groups in total. The zero-order valence-electron chi connectivity index (χ0n) is 11.5. The van der Waals surface area contributed by atoms with Gasteiger partial charge in [-0.15, -0.1) is 0 Å². The van der Waals surface area contributed by atoms with Crippen LogP contribution < -0.4 is 5.32 Å². The summed E-state index contributed by atoms with van der Waals surface area (Å²) in [6.07, 6.45) is 0. The van der Waals surface area contributed by atoms with E-state index in [0.29, 0.717) is 16.2 Å². The fourth-order valence-electron chi connectivity index (χ4n) is 1.97. The molecule has 0 saturated carbocycles. The van der Waals surface area contributed by atoms with E-state index < -0.39 is 17.8 Å². The van der Waals surface area contributed by atoms with Gasteiger partial charge < -0.3 is 15.0 Å². The molecule has 1 aromatic carbocycles. The van der Waals surface area contributed by atoms with Crippen LogP contribution in [0.4, 0.5) is 4.39 Å². The summed E-state index contributed by atoms with van der Waals surface area (Å²) in [5.74, 6) is -1.89. The van der Waals surface area contributed by atoms with Crippen LogP contribution in [0.2, 0.25) is 0 Å². The van der Waals surface area contributed by atoms with Crippen molar-refractivity contribution in [3.05, 3.63) is 24.0 Å². The van der Waals surface area contributed by atoms with Gasteiger partial charge in [0, 0.05) is 7.05 Å². The molecule has 0 spiro atoms. The summed E-state index contributed by atoms with van der Waals surface area (Å²) in [6.45, 7) is 1.65.